The summed E-state index contributed by atoms with van der Waals surface area (Å²) in [6.07, 6.45) is 8.32. The van der Waals surface area contributed by atoms with Crippen molar-refractivity contribution in [3.63, 3.8) is 0 Å². The van der Waals surface area contributed by atoms with Crippen LogP contribution in [0.2, 0.25) is 0 Å². The molecule has 0 spiro atoms. The van der Waals surface area contributed by atoms with Gasteiger partial charge in [0.1, 0.15) is 0 Å². The maximum absolute atomic E-state index is 4.50. The maximum Gasteiger partial charge on any atom is 0.0897 e. The minimum Gasteiger partial charge on any atom is -0.308 e. The van der Waals surface area contributed by atoms with E-state index in [1.54, 1.807) is 11.3 Å². The molecular formula is C14H24N2S. The number of aryl methyl sites for hydroxylation is 1. The highest BCUT2D eigenvalue weighted by Crippen LogP contribution is 2.27. The summed E-state index contributed by atoms with van der Waals surface area (Å²) >= 11 is 1.75. The summed E-state index contributed by atoms with van der Waals surface area (Å²) < 4.78 is 0. The monoisotopic (exact) mass is 252 g/mol. The molecule has 1 N–H and O–H groups in total. The zero-order valence-corrected chi connectivity index (χ0v) is 11.9. The molecule has 1 fully saturated rings. The summed E-state index contributed by atoms with van der Waals surface area (Å²) in [6, 6.07) is 0.727. The Morgan fingerprint density at radius 2 is 2.12 bits per heavy atom. The molecule has 17 heavy (non-hydrogen) atoms. The van der Waals surface area contributed by atoms with Crippen molar-refractivity contribution in [3.8, 4) is 0 Å². The lowest BCUT2D eigenvalue weighted by atomic mass is 9.83. The molecule has 3 heteroatoms. The molecule has 1 saturated carbocycles. The first-order valence-electron chi connectivity index (χ1n) is 6.92. The van der Waals surface area contributed by atoms with Crippen LogP contribution in [-0.4, -0.2) is 11.0 Å². The van der Waals surface area contributed by atoms with E-state index in [-0.39, 0.29) is 0 Å². The van der Waals surface area contributed by atoms with E-state index in [2.05, 4.69) is 29.5 Å². The summed E-state index contributed by atoms with van der Waals surface area (Å²) in [5.41, 5.74) is 1.21. The highest BCUT2D eigenvalue weighted by molar-refractivity contribution is 7.09. The molecule has 2 rings (SSSR count). The lowest BCUT2D eigenvalue weighted by molar-refractivity contribution is 0.277. The molecule has 1 aliphatic carbocycles. The third-order valence-corrected chi connectivity index (χ3v) is 4.60. The first-order chi connectivity index (χ1) is 8.28. The second-order valence-corrected chi connectivity index (χ2v) is 6.31. The Morgan fingerprint density at radius 3 is 2.71 bits per heavy atom. The van der Waals surface area contributed by atoms with Crippen LogP contribution in [0.3, 0.4) is 0 Å². The summed E-state index contributed by atoms with van der Waals surface area (Å²) in [4.78, 5) is 4.50. The predicted octanol–water partition coefficient (Wildman–Crippen LogP) is 3.90. The third kappa shape index (κ3) is 4.07. The van der Waals surface area contributed by atoms with Crippen LogP contribution in [0, 0.1) is 12.8 Å². The molecule has 0 bridgehead atoms. The van der Waals surface area contributed by atoms with Gasteiger partial charge in [-0.05, 0) is 38.5 Å². The molecule has 96 valence electrons. The molecule has 0 saturated heterocycles. The van der Waals surface area contributed by atoms with Crippen molar-refractivity contribution in [1.82, 2.24) is 10.3 Å². The van der Waals surface area contributed by atoms with Crippen molar-refractivity contribution >= 4 is 11.3 Å². The van der Waals surface area contributed by atoms with Crippen LogP contribution in [0.5, 0.6) is 0 Å². The Kier molecular flexibility index (Phi) is 4.99. The quantitative estimate of drug-likeness (QED) is 0.859. The molecule has 0 radical (unpaired) electrons. The molecular weight excluding hydrogens is 228 g/mol. The Hall–Kier alpha value is -0.410. The number of hydrogen-bond donors (Lipinski definition) is 1. The second kappa shape index (κ2) is 6.50. The Bertz CT molecular complexity index is 327. The standard InChI is InChI=1S/C14H24N2S/c1-3-4-12-5-7-13(8-6-12)15-9-14-10-17-11(2)16-14/h10,12-13,15H,3-9H2,1-2H3. The van der Waals surface area contributed by atoms with Gasteiger partial charge in [-0.2, -0.15) is 0 Å². The Morgan fingerprint density at radius 1 is 1.35 bits per heavy atom. The lowest BCUT2D eigenvalue weighted by Crippen LogP contribution is -2.32. The van der Waals surface area contributed by atoms with Gasteiger partial charge >= 0.3 is 0 Å². The van der Waals surface area contributed by atoms with Crippen molar-refractivity contribution in [2.24, 2.45) is 5.92 Å². The van der Waals surface area contributed by atoms with Crippen molar-refractivity contribution in [1.29, 1.82) is 0 Å². The molecule has 0 atom stereocenters. The van der Waals surface area contributed by atoms with Crippen LogP contribution in [0.25, 0.3) is 0 Å². The highest BCUT2D eigenvalue weighted by atomic mass is 32.1. The fraction of sp³-hybridized carbons (Fsp3) is 0.786. The zero-order chi connectivity index (χ0) is 12.1. The molecule has 0 aliphatic heterocycles. The summed E-state index contributed by atoms with van der Waals surface area (Å²) in [6.45, 7) is 5.33. The van der Waals surface area contributed by atoms with E-state index >= 15 is 0 Å². The van der Waals surface area contributed by atoms with E-state index in [0.717, 1.165) is 18.5 Å². The number of aromatic nitrogens is 1. The minimum absolute atomic E-state index is 0.727. The minimum atomic E-state index is 0.727. The third-order valence-electron chi connectivity index (χ3n) is 3.78. The van der Waals surface area contributed by atoms with Crippen molar-refractivity contribution in [3.05, 3.63) is 16.1 Å². The number of nitrogens with one attached hydrogen (secondary N) is 1. The van der Waals surface area contributed by atoms with Gasteiger partial charge in [0.2, 0.25) is 0 Å². The predicted molar refractivity (Wildman–Crippen MR) is 74.3 cm³/mol. The highest BCUT2D eigenvalue weighted by Gasteiger charge is 2.20. The van der Waals surface area contributed by atoms with Crippen LogP contribution in [0.4, 0.5) is 0 Å². The van der Waals surface area contributed by atoms with Gasteiger partial charge in [0.15, 0.2) is 0 Å². The van der Waals surface area contributed by atoms with Gasteiger partial charge in [0.05, 0.1) is 10.7 Å². The topological polar surface area (TPSA) is 24.9 Å². The fourth-order valence-corrected chi connectivity index (χ4v) is 3.41. The number of rotatable bonds is 5. The van der Waals surface area contributed by atoms with E-state index in [0.29, 0.717) is 0 Å². The van der Waals surface area contributed by atoms with Gasteiger partial charge in [-0.1, -0.05) is 19.8 Å². The largest absolute Gasteiger partial charge is 0.308 e. The summed E-state index contributed by atoms with van der Waals surface area (Å²) in [5, 5.41) is 7.00. The van der Waals surface area contributed by atoms with E-state index in [1.165, 1.54) is 49.2 Å². The average Bonchev–Trinajstić information content (AvgIpc) is 2.75. The number of nitrogens with zero attached hydrogens (tertiary/aromatic N) is 1. The van der Waals surface area contributed by atoms with E-state index in [1.807, 2.05) is 0 Å². The Balaban J connectivity index is 1.68. The fourth-order valence-electron chi connectivity index (χ4n) is 2.80. The maximum atomic E-state index is 4.50. The molecule has 2 nitrogen and oxygen atoms in total. The SMILES string of the molecule is CCCC1CCC(NCc2csc(C)n2)CC1. The van der Waals surface area contributed by atoms with Crippen LogP contribution in [0.15, 0.2) is 5.38 Å². The van der Waals surface area contributed by atoms with Crippen molar-refractivity contribution in [2.75, 3.05) is 0 Å². The number of thiazole rings is 1. The molecule has 0 amide bonds. The average molecular weight is 252 g/mol. The first kappa shape index (κ1) is 13.0. The lowest BCUT2D eigenvalue weighted by Gasteiger charge is -2.28. The summed E-state index contributed by atoms with van der Waals surface area (Å²) in [5.74, 6) is 1.000. The van der Waals surface area contributed by atoms with Crippen molar-refractivity contribution < 1.29 is 0 Å². The van der Waals surface area contributed by atoms with Gasteiger partial charge in [-0.25, -0.2) is 4.98 Å². The smallest absolute Gasteiger partial charge is 0.0897 e. The van der Waals surface area contributed by atoms with Gasteiger partial charge < -0.3 is 5.32 Å². The van der Waals surface area contributed by atoms with E-state index in [4.69, 9.17) is 0 Å². The van der Waals surface area contributed by atoms with Gasteiger partial charge in [0.25, 0.3) is 0 Å². The molecule has 0 unspecified atom stereocenters. The van der Waals surface area contributed by atoms with Gasteiger partial charge in [0, 0.05) is 18.0 Å². The molecule has 1 aromatic rings. The first-order valence-corrected chi connectivity index (χ1v) is 7.80. The summed E-state index contributed by atoms with van der Waals surface area (Å²) in [7, 11) is 0. The van der Waals surface area contributed by atoms with Crippen LogP contribution < -0.4 is 5.32 Å². The number of hydrogen-bond acceptors (Lipinski definition) is 3. The molecule has 0 aromatic carbocycles. The second-order valence-electron chi connectivity index (χ2n) is 5.25. The molecule has 1 aromatic heterocycles. The van der Waals surface area contributed by atoms with Crippen molar-refractivity contribution in [2.45, 2.75) is 65.0 Å². The van der Waals surface area contributed by atoms with Gasteiger partial charge in [-0.15, -0.1) is 11.3 Å². The van der Waals surface area contributed by atoms with E-state index in [9.17, 15) is 0 Å². The van der Waals surface area contributed by atoms with Crippen LogP contribution in [-0.2, 0) is 6.54 Å². The van der Waals surface area contributed by atoms with Crippen LogP contribution >= 0.6 is 11.3 Å². The Labute approximate surface area is 109 Å². The zero-order valence-electron chi connectivity index (χ0n) is 11.0. The van der Waals surface area contributed by atoms with Crippen LogP contribution in [0.1, 0.15) is 56.2 Å². The normalized spacial score (nSPS) is 25.1. The molecule has 1 aliphatic rings. The van der Waals surface area contributed by atoms with E-state index < -0.39 is 0 Å². The van der Waals surface area contributed by atoms with Gasteiger partial charge in [-0.3, -0.25) is 0 Å². The molecule has 1 heterocycles.